The van der Waals surface area contributed by atoms with Crippen molar-refractivity contribution in [3.63, 3.8) is 0 Å². The van der Waals surface area contributed by atoms with Crippen LogP contribution in [-0.4, -0.2) is 36.3 Å². The summed E-state index contributed by atoms with van der Waals surface area (Å²) in [5.74, 6) is -0.183. The normalized spacial score (nSPS) is 20.2. The van der Waals surface area contributed by atoms with Gasteiger partial charge in [0.05, 0.1) is 36.6 Å². The Morgan fingerprint density at radius 2 is 2.12 bits per heavy atom. The Labute approximate surface area is 151 Å². The number of rotatable bonds is 5. The number of pyridine rings is 1. The Morgan fingerprint density at radius 3 is 3.00 bits per heavy atom. The lowest BCUT2D eigenvalue weighted by Crippen LogP contribution is -2.50. The topological polar surface area (TPSA) is 73.6 Å². The number of fused-ring (bicyclic) bond motifs is 1. The number of ether oxygens (including phenoxy) is 2. The van der Waals surface area contributed by atoms with E-state index in [1.54, 1.807) is 6.20 Å². The zero-order valence-electron chi connectivity index (χ0n) is 14.3. The molecular formula is C20H20N2O4. The van der Waals surface area contributed by atoms with Gasteiger partial charge in [-0.3, -0.25) is 9.78 Å². The van der Waals surface area contributed by atoms with Gasteiger partial charge < -0.3 is 19.2 Å². The van der Waals surface area contributed by atoms with Crippen molar-refractivity contribution in [3.8, 4) is 0 Å². The number of aromatic nitrogens is 1. The Hall–Kier alpha value is -2.70. The van der Waals surface area contributed by atoms with E-state index in [9.17, 15) is 4.79 Å². The number of furan rings is 1. The third-order valence-electron chi connectivity index (χ3n) is 4.51. The summed E-state index contributed by atoms with van der Waals surface area (Å²) in [6.45, 7) is 1.45. The molecule has 1 N–H and O–H groups in total. The molecule has 0 bridgehead atoms. The molecule has 0 saturated carbocycles. The smallest absolute Gasteiger partial charge is 0.255 e. The van der Waals surface area contributed by atoms with E-state index in [1.165, 1.54) is 6.26 Å². The van der Waals surface area contributed by atoms with E-state index in [-0.39, 0.29) is 18.1 Å². The molecule has 0 radical (unpaired) electrons. The highest BCUT2D eigenvalue weighted by atomic mass is 16.5. The van der Waals surface area contributed by atoms with E-state index in [2.05, 4.69) is 10.3 Å². The lowest BCUT2D eigenvalue weighted by molar-refractivity contribution is -0.0612. The fourth-order valence-electron chi connectivity index (χ4n) is 3.13. The zero-order valence-corrected chi connectivity index (χ0v) is 14.3. The highest BCUT2D eigenvalue weighted by Crippen LogP contribution is 2.21. The van der Waals surface area contributed by atoms with Crippen molar-refractivity contribution in [2.45, 2.75) is 25.2 Å². The van der Waals surface area contributed by atoms with Crippen LogP contribution in [0.4, 0.5) is 0 Å². The van der Waals surface area contributed by atoms with Crippen LogP contribution in [0.25, 0.3) is 11.0 Å². The van der Waals surface area contributed by atoms with Gasteiger partial charge >= 0.3 is 0 Å². The van der Waals surface area contributed by atoms with E-state index in [0.717, 1.165) is 17.5 Å². The maximum atomic E-state index is 12.7. The molecule has 1 fully saturated rings. The molecule has 0 spiro atoms. The number of hydrogen-bond donors (Lipinski definition) is 1. The number of nitrogens with zero attached hydrogens (tertiary/aromatic N) is 1. The quantitative estimate of drug-likeness (QED) is 0.764. The Morgan fingerprint density at radius 1 is 1.23 bits per heavy atom. The molecule has 3 aromatic rings. The molecule has 1 saturated heterocycles. The maximum absolute atomic E-state index is 12.7. The third kappa shape index (κ3) is 3.61. The minimum Gasteiger partial charge on any atom is -0.463 e. The first kappa shape index (κ1) is 16.8. The SMILES string of the molecule is O=C(N[C@@H]1COCC[C@H]1OCc1ccccn1)c1coc2ccccc12. The Balaban J connectivity index is 1.43. The molecule has 0 unspecified atom stereocenters. The summed E-state index contributed by atoms with van der Waals surface area (Å²) in [5, 5.41) is 3.83. The second-order valence-corrected chi connectivity index (χ2v) is 6.26. The molecule has 0 aliphatic carbocycles. The van der Waals surface area contributed by atoms with Gasteiger partial charge in [0.15, 0.2) is 0 Å². The van der Waals surface area contributed by atoms with Crippen molar-refractivity contribution in [1.82, 2.24) is 10.3 Å². The fraction of sp³-hybridized carbons (Fsp3) is 0.300. The van der Waals surface area contributed by atoms with Crippen molar-refractivity contribution in [1.29, 1.82) is 0 Å². The Bertz CT molecular complexity index is 878. The van der Waals surface area contributed by atoms with Gasteiger partial charge in [0.1, 0.15) is 11.8 Å². The fourth-order valence-corrected chi connectivity index (χ4v) is 3.13. The molecule has 1 aromatic carbocycles. The second-order valence-electron chi connectivity index (χ2n) is 6.26. The van der Waals surface area contributed by atoms with Gasteiger partial charge in [0.25, 0.3) is 5.91 Å². The number of nitrogens with one attached hydrogen (secondary N) is 1. The van der Waals surface area contributed by atoms with Gasteiger partial charge in [0, 0.05) is 18.2 Å². The first-order valence-electron chi connectivity index (χ1n) is 8.67. The summed E-state index contributed by atoms with van der Waals surface area (Å²) in [6.07, 6.45) is 3.84. The van der Waals surface area contributed by atoms with Crippen molar-refractivity contribution in [3.05, 3.63) is 66.2 Å². The predicted octanol–water partition coefficient (Wildman–Crippen LogP) is 2.93. The van der Waals surface area contributed by atoms with Crippen molar-refractivity contribution >= 4 is 16.9 Å². The van der Waals surface area contributed by atoms with E-state index in [0.29, 0.717) is 31.0 Å². The highest BCUT2D eigenvalue weighted by molar-refractivity contribution is 6.06. The summed E-state index contributed by atoms with van der Waals surface area (Å²) in [4.78, 5) is 17.0. The van der Waals surface area contributed by atoms with Crippen LogP contribution in [0.1, 0.15) is 22.5 Å². The minimum atomic E-state index is -0.214. The average molecular weight is 352 g/mol. The molecule has 134 valence electrons. The molecule has 2 atom stereocenters. The summed E-state index contributed by atoms with van der Waals surface area (Å²) in [5.41, 5.74) is 2.08. The van der Waals surface area contributed by atoms with Gasteiger partial charge in [-0.15, -0.1) is 0 Å². The van der Waals surface area contributed by atoms with Crippen LogP contribution in [0.3, 0.4) is 0 Å². The standard InChI is InChI=1S/C20H20N2O4/c23-20(16-12-26-18-7-2-1-6-15(16)18)22-17-13-24-10-8-19(17)25-11-14-5-3-4-9-21-14/h1-7,9,12,17,19H,8,10-11,13H2,(H,22,23)/t17-,19-/m1/s1. The first-order valence-corrected chi connectivity index (χ1v) is 8.67. The molecule has 1 aliphatic heterocycles. The average Bonchev–Trinajstić information content (AvgIpc) is 3.12. The minimum absolute atomic E-state index is 0.118. The molecule has 4 rings (SSSR count). The second kappa shape index (κ2) is 7.68. The molecule has 1 aliphatic rings. The monoisotopic (exact) mass is 352 g/mol. The zero-order chi connectivity index (χ0) is 17.8. The molecule has 3 heterocycles. The molecular weight excluding hydrogens is 332 g/mol. The van der Waals surface area contributed by atoms with Crippen LogP contribution >= 0.6 is 0 Å². The number of carbonyl (C=O) groups is 1. The van der Waals surface area contributed by atoms with Crippen LogP contribution in [0, 0.1) is 0 Å². The van der Waals surface area contributed by atoms with Crippen LogP contribution in [0.15, 0.2) is 59.3 Å². The Kier molecular flexibility index (Phi) is 4.95. The number of para-hydroxylation sites is 1. The largest absolute Gasteiger partial charge is 0.463 e. The number of carbonyl (C=O) groups excluding carboxylic acids is 1. The van der Waals surface area contributed by atoms with Crippen LogP contribution < -0.4 is 5.32 Å². The predicted molar refractivity (Wildman–Crippen MR) is 95.7 cm³/mol. The summed E-state index contributed by atoms with van der Waals surface area (Å²) in [7, 11) is 0. The molecule has 2 aromatic heterocycles. The van der Waals surface area contributed by atoms with Gasteiger partial charge in [0.2, 0.25) is 0 Å². The highest BCUT2D eigenvalue weighted by Gasteiger charge is 2.29. The van der Waals surface area contributed by atoms with E-state index in [1.807, 2.05) is 42.5 Å². The number of hydrogen-bond acceptors (Lipinski definition) is 5. The summed E-state index contributed by atoms with van der Waals surface area (Å²) in [6, 6.07) is 13.0. The third-order valence-corrected chi connectivity index (χ3v) is 4.51. The molecule has 1 amide bonds. The van der Waals surface area contributed by atoms with Gasteiger partial charge in [-0.1, -0.05) is 24.3 Å². The number of amides is 1. The van der Waals surface area contributed by atoms with Crippen LogP contribution in [0.5, 0.6) is 0 Å². The summed E-state index contributed by atoms with van der Waals surface area (Å²) < 4.78 is 17.0. The van der Waals surface area contributed by atoms with Crippen LogP contribution in [-0.2, 0) is 16.1 Å². The van der Waals surface area contributed by atoms with Gasteiger partial charge in [-0.05, 0) is 24.6 Å². The first-order chi connectivity index (χ1) is 12.8. The number of benzene rings is 1. The van der Waals surface area contributed by atoms with Gasteiger partial charge in [-0.25, -0.2) is 0 Å². The van der Waals surface area contributed by atoms with Gasteiger partial charge in [-0.2, -0.15) is 0 Å². The van der Waals surface area contributed by atoms with Crippen molar-refractivity contribution in [2.24, 2.45) is 0 Å². The maximum Gasteiger partial charge on any atom is 0.255 e. The molecule has 26 heavy (non-hydrogen) atoms. The van der Waals surface area contributed by atoms with E-state index >= 15 is 0 Å². The van der Waals surface area contributed by atoms with E-state index in [4.69, 9.17) is 13.9 Å². The molecule has 6 heteroatoms. The lowest BCUT2D eigenvalue weighted by atomic mass is 10.1. The lowest BCUT2D eigenvalue weighted by Gasteiger charge is -2.32. The summed E-state index contributed by atoms with van der Waals surface area (Å²) >= 11 is 0. The van der Waals surface area contributed by atoms with Crippen molar-refractivity contribution in [2.75, 3.05) is 13.2 Å². The van der Waals surface area contributed by atoms with Crippen LogP contribution in [0.2, 0.25) is 0 Å². The van der Waals surface area contributed by atoms with Crippen molar-refractivity contribution < 1.29 is 18.7 Å². The van der Waals surface area contributed by atoms with E-state index < -0.39 is 0 Å². The molecule has 6 nitrogen and oxygen atoms in total.